The number of halogens is 1. The molecule has 1 unspecified atom stereocenters. The number of carbonyl (C=O) groups excluding carboxylic acids is 1. The Morgan fingerprint density at radius 1 is 1.43 bits per heavy atom. The minimum atomic E-state index is -1.68. The molecule has 0 fully saturated rings. The number of esters is 1. The van der Waals surface area contributed by atoms with Crippen LogP contribution in [0.25, 0.3) is 0 Å². The highest BCUT2D eigenvalue weighted by molar-refractivity contribution is 7.19. The number of nitrogens with zero attached hydrogens (tertiary/aromatic N) is 1. The Labute approximate surface area is 130 Å². The van der Waals surface area contributed by atoms with E-state index in [9.17, 15) is 14.9 Å². The Morgan fingerprint density at radius 2 is 2.05 bits per heavy atom. The number of rotatable bonds is 7. The lowest BCUT2D eigenvalue weighted by molar-refractivity contribution is -0.386. The molecule has 0 bridgehead atoms. The number of ether oxygens (including phenoxy) is 1. The van der Waals surface area contributed by atoms with E-state index in [1.165, 1.54) is 6.07 Å². The van der Waals surface area contributed by atoms with Crippen molar-refractivity contribution in [3.05, 3.63) is 39.9 Å². The third-order valence-corrected chi connectivity index (χ3v) is 5.14. The second-order valence-corrected chi connectivity index (χ2v) is 12.5. The summed E-state index contributed by atoms with van der Waals surface area (Å²) in [6.45, 7) is 5.69. The Bertz CT molecular complexity index is 516. The van der Waals surface area contributed by atoms with Crippen molar-refractivity contribution in [2.75, 3.05) is 0 Å². The first-order chi connectivity index (χ1) is 9.70. The summed E-state index contributed by atoms with van der Waals surface area (Å²) in [5.41, 5.74) is 0.370. The molecule has 0 spiro atoms. The Balaban J connectivity index is 2.59. The number of nitro benzene ring substituents is 1. The van der Waals surface area contributed by atoms with Crippen LogP contribution >= 0.6 is 11.1 Å². The fraction of sp³-hybridized carbons (Fsp3) is 0.500. The Morgan fingerprint density at radius 3 is 2.62 bits per heavy atom. The van der Waals surface area contributed by atoms with E-state index in [1.54, 1.807) is 25.1 Å². The van der Waals surface area contributed by atoms with Gasteiger partial charge in [0.25, 0.3) is 5.69 Å². The van der Waals surface area contributed by atoms with E-state index >= 15 is 0 Å². The number of hydrogen-bond acceptors (Lipinski definition) is 4. The van der Waals surface area contributed by atoms with E-state index in [1.807, 2.05) is 13.1 Å². The first-order valence-electron chi connectivity index (χ1n) is 6.82. The van der Waals surface area contributed by atoms with Crippen LogP contribution in [0, 0.1) is 10.1 Å². The second-order valence-electron chi connectivity index (χ2n) is 5.52. The van der Waals surface area contributed by atoms with E-state index in [4.69, 9.17) is 15.8 Å². The van der Waals surface area contributed by atoms with Crippen LogP contribution in [0.2, 0.25) is 19.1 Å². The minimum absolute atomic E-state index is 0.0351. The predicted molar refractivity (Wildman–Crippen MR) is 85.0 cm³/mol. The summed E-state index contributed by atoms with van der Waals surface area (Å²) >= 11 is 6.19. The lowest BCUT2D eigenvalue weighted by Gasteiger charge is -2.15. The van der Waals surface area contributed by atoms with Gasteiger partial charge in [0.05, 0.1) is 10.5 Å². The van der Waals surface area contributed by atoms with Crippen LogP contribution in [-0.2, 0) is 9.53 Å². The molecule has 7 heteroatoms. The van der Waals surface area contributed by atoms with Gasteiger partial charge in [0.2, 0.25) is 0 Å². The van der Waals surface area contributed by atoms with Crippen LogP contribution in [-0.4, -0.2) is 18.3 Å². The van der Waals surface area contributed by atoms with Gasteiger partial charge in [0.15, 0.2) is 7.38 Å². The molecule has 1 rings (SSSR count). The number of carbonyl (C=O) groups is 1. The fourth-order valence-corrected chi connectivity index (χ4v) is 3.39. The zero-order chi connectivity index (χ0) is 16.0. The van der Waals surface area contributed by atoms with Crippen LogP contribution in [0.15, 0.2) is 24.3 Å². The summed E-state index contributed by atoms with van der Waals surface area (Å²) in [5, 5.41) is 10.9. The van der Waals surface area contributed by atoms with Crippen LogP contribution < -0.4 is 0 Å². The molecule has 0 heterocycles. The summed E-state index contributed by atoms with van der Waals surface area (Å²) in [5.74, 6) is -0.351. The molecule has 0 aromatic heterocycles. The Hall–Kier alpha value is -1.40. The fourth-order valence-electron chi connectivity index (χ4n) is 1.97. The van der Waals surface area contributed by atoms with Crippen molar-refractivity contribution in [1.29, 1.82) is 0 Å². The van der Waals surface area contributed by atoms with Gasteiger partial charge < -0.3 is 4.74 Å². The predicted octanol–water partition coefficient (Wildman–Crippen LogP) is 4.42. The van der Waals surface area contributed by atoms with E-state index in [0.717, 1.165) is 6.04 Å². The van der Waals surface area contributed by atoms with Gasteiger partial charge in [0, 0.05) is 12.5 Å². The van der Waals surface area contributed by atoms with Gasteiger partial charge in [-0.2, -0.15) is 11.1 Å². The molecule has 116 valence electrons. The highest BCUT2D eigenvalue weighted by atomic mass is 35.6. The van der Waals surface area contributed by atoms with Crippen LogP contribution in [0.3, 0.4) is 0 Å². The Kier molecular flexibility index (Phi) is 6.35. The molecule has 5 nitrogen and oxygen atoms in total. The number of nitro groups is 1. The van der Waals surface area contributed by atoms with Crippen molar-refractivity contribution >= 4 is 30.1 Å². The van der Waals surface area contributed by atoms with Crippen molar-refractivity contribution < 1.29 is 14.5 Å². The molecule has 0 aliphatic heterocycles. The molecule has 21 heavy (non-hydrogen) atoms. The van der Waals surface area contributed by atoms with Gasteiger partial charge in [-0.1, -0.05) is 25.2 Å². The summed E-state index contributed by atoms with van der Waals surface area (Å²) in [7, 11) is -1.68. The molecule has 0 radical (unpaired) electrons. The third kappa shape index (κ3) is 6.26. The highest BCUT2D eigenvalue weighted by Crippen LogP contribution is 2.27. The van der Waals surface area contributed by atoms with Crippen LogP contribution in [0.5, 0.6) is 0 Å². The third-order valence-electron chi connectivity index (χ3n) is 3.03. The average molecular weight is 330 g/mol. The number of para-hydroxylation sites is 1. The van der Waals surface area contributed by atoms with Crippen LogP contribution in [0.1, 0.15) is 31.4 Å². The molecule has 1 atom stereocenters. The summed E-state index contributed by atoms with van der Waals surface area (Å²) in [6.07, 6.45) is 0.333. The molecule has 1 aromatic rings. The maximum atomic E-state index is 11.8. The van der Waals surface area contributed by atoms with Crippen molar-refractivity contribution in [3.63, 3.8) is 0 Å². The monoisotopic (exact) mass is 329 g/mol. The van der Waals surface area contributed by atoms with E-state index < -0.39 is 18.4 Å². The second kappa shape index (κ2) is 7.56. The lowest BCUT2D eigenvalue weighted by atomic mass is 10.1. The number of benzene rings is 1. The normalized spacial score (nSPS) is 12.8. The summed E-state index contributed by atoms with van der Waals surface area (Å²) in [6, 6.07) is 7.12. The average Bonchev–Trinajstić information content (AvgIpc) is 2.37. The van der Waals surface area contributed by atoms with Gasteiger partial charge in [-0.25, -0.2) is 0 Å². The molecule has 0 amide bonds. The molecular formula is C14H20ClNO4Si. The van der Waals surface area contributed by atoms with Gasteiger partial charge in [-0.05, 0) is 25.5 Å². The molecule has 0 saturated heterocycles. The smallest absolute Gasteiger partial charge is 0.306 e. The minimum Gasteiger partial charge on any atom is -0.458 e. The van der Waals surface area contributed by atoms with Crippen LogP contribution in [0.4, 0.5) is 5.69 Å². The maximum Gasteiger partial charge on any atom is 0.306 e. The van der Waals surface area contributed by atoms with E-state index in [0.29, 0.717) is 12.0 Å². The van der Waals surface area contributed by atoms with Crippen molar-refractivity contribution in [2.45, 2.75) is 45.0 Å². The molecule has 0 aliphatic carbocycles. The van der Waals surface area contributed by atoms with Gasteiger partial charge >= 0.3 is 5.97 Å². The standard InChI is InChI=1S/C14H20ClNO4Si/c1-11(12-7-4-5-8-13(12)16(18)19)20-14(17)9-6-10-21(2,3)15/h4-5,7-8,11H,6,9-10H2,1-3H3. The zero-order valence-corrected chi connectivity index (χ0v) is 14.2. The lowest BCUT2D eigenvalue weighted by Crippen LogP contribution is -2.17. The van der Waals surface area contributed by atoms with Gasteiger partial charge in [0.1, 0.15) is 6.10 Å². The topological polar surface area (TPSA) is 69.4 Å². The summed E-state index contributed by atoms with van der Waals surface area (Å²) in [4.78, 5) is 22.3. The number of hydrogen-bond donors (Lipinski definition) is 0. The molecular weight excluding hydrogens is 310 g/mol. The van der Waals surface area contributed by atoms with Crippen molar-refractivity contribution in [1.82, 2.24) is 0 Å². The van der Waals surface area contributed by atoms with Gasteiger partial charge in [-0.15, -0.1) is 0 Å². The highest BCUT2D eigenvalue weighted by Gasteiger charge is 2.22. The van der Waals surface area contributed by atoms with E-state index in [-0.39, 0.29) is 18.1 Å². The largest absolute Gasteiger partial charge is 0.458 e. The zero-order valence-electron chi connectivity index (χ0n) is 12.5. The van der Waals surface area contributed by atoms with E-state index in [2.05, 4.69) is 0 Å². The first-order valence-corrected chi connectivity index (χ1v) is 11.0. The summed E-state index contributed by atoms with van der Waals surface area (Å²) < 4.78 is 5.27. The molecule has 0 saturated carbocycles. The van der Waals surface area contributed by atoms with Crippen molar-refractivity contribution in [3.8, 4) is 0 Å². The molecule has 0 N–H and O–H groups in total. The maximum absolute atomic E-state index is 11.8. The van der Waals surface area contributed by atoms with Crippen molar-refractivity contribution in [2.24, 2.45) is 0 Å². The quantitative estimate of drug-likeness (QED) is 0.244. The molecule has 0 aliphatic rings. The van der Waals surface area contributed by atoms with Gasteiger partial charge in [-0.3, -0.25) is 14.9 Å². The first kappa shape index (κ1) is 17.6. The molecule has 1 aromatic carbocycles. The SMILES string of the molecule is CC(OC(=O)CCC[Si](C)(C)Cl)c1ccccc1[N+](=O)[O-].